The van der Waals surface area contributed by atoms with Crippen LogP contribution in [0.5, 0.6) is 0 Å². The zero-order chi connectivity index (χ0) is 19.6. The van der Waals surface area contributed by atoms with Crippen molar-refractivity contribution in [2.24, 2.45) is 5.92 Å². The second-order valence-corrected chi connectivity index (χ2v) is 8.43. The first-order chi connectivity index (χ1) is 12.9. The number of aryl methyl sites for hydroxylation is 1. The molecule has 0 spiro atoms. The van der Waals surface area contributed by atoms with E-state index in [9.17, 15) is 5.11 Å². The van der Waals surface area contributed by atoms with Crippen LogP contribution >= 0.6 is 12.6 Å². The first-order valence-corrected chi connectivity index (χ1v) is 10.4. The molecule has 1 fully saturated rings. The molecule has 0 unspecified atom stereocenters. The van der Waals surface area contributed by atoms with Gasteiger partial charge in [0.25, 0.3) is 0 Å². The number of aliphatic hydroxyl groups excluding tert-OH is 1. The van der Waals surface area contributed by atoms with Crippen LogP contribution in [0, 0.1) is 5.92 Å². The summed E-state index contributed by atoms with van der Waals surface area (Å²) < 4.78 is 7.97. The van der Waals surface area contributed by atoms with Gasteiger partial charge in [-0.05, 0) is 18.8 Å². The molecule has 1 aliphatic heterocycles. The van der Waals surface area contributed by atoms with Crippen molar-refractivity contribution in [2.75, 3.05) is 5.73 Å². The number of aromatic nitrogens is 4. The van der Waals surface area contributed by atoms with E-state index in [4.69, 9.17) is 15.5 Å². The van der Waals surface area contributed by atoms with E-state index in [2.05, 4.69) is 43.4 Å². The zero-order valence-electron chi connectivity index (χ0n) is 16.4. The number of hydrogen-bond acceptors (Lipinski definition) is 7. The first kappa shape index (κ1) is 20.4. The summed E-state index contributed by atoms with van der Waals surface area (Å²) in [6, 6.07) is 0. The predicted molar refractivity (Wildman–Crippen MR) is 110 cm³/mol. The number of fused-ring (bicyclic) bond motifs is 1. The highest BCUT2D eigenvalue weighted by atomic mass is 32.1. The van der Waals surface area contributed by atoms with E-state index in [1.807, 2.05) is 4.57 Å². The molecule has 3 heterocycles. The molecule has 2 aromatic heterocycles. The monoisotopic (exact) mass is 393 g/mol. The van der Waals surface area contributed by atoms with Crippen LogP contribution in [0.2, 0.25) is 0 Å². The predicted octanol–water partition coefficient (Wildman–Crippen LogP) is 3.13. The Labute approximate surface area is 166 Å². The minimum atomic E-state index is -0.633. The van der Waals surface area contributed by atoms with Gasteiger partial charge in [0, 0.05) is 6.42 Å². The molecule has 2 aromatic rings. The van der Waals surface area contributed by atoms with Crippen LogP contribution in [0.1, 0.15) is 64.9 Å². The quantitative estimate of drug-likeness (QED) is 0.471. The molecule has 1 aliphatic rings. The van der Waals surface area contributed by atoms with Crippen molar-refractivity contribution in [3.05, 3.63) is 12.2 Å². The Hall–Kier alpha value is -1.38. The molecule has 7 nitrogen and oxygen atoms in total. The molecule has 0 aromatic carbocycles. The number of aliphatic hydroxyl groups is 1. The fourth-order valence-corrected chi connectivity index (χ4v) is 4.02. The second kappa shape index (κ2) is 8.75. The van der Waals surface area contributed by atoms with Crippen LogP contribution in [0.25, 0.3) is 11.2 Å². The van der Waals surface area contributed by atoms with Crippen molar-refractivity contribution in [3.8, 4) is 0 Å². The lowest BCUT2D eigenvalue weighted by atomic mass is 10.0. The Kier molecular flexibility index (Phi) is 6.60. The van der Waals surface area contributed by atoms with Crippen molar-refractivity contribution in [2.45, 2.75) is 83.0 Å². The number of imidazole rings is 1. The summed E-state index contributed by atoms with van der Waals surface area (Å²) in [6.45, 7) is 6.42. The minimum Gasteiger partial charge on any atom is -0.389 e. The number of anilines is 1. The normalized spacial score (nSPS) is 25.7. The summed E-state index contributed by atoms with van der Waals surface area (Å²) >= 11 is 4.61. The van der Waals surface area contributed by atoms with E-state index in [0.29, 0.717) is 22.9 Å². The Morgan fingerprint density at radius 3 is 2.78 bits per heavy atom. The Balaban J connectivity index is 1.85. The molecule has 3 rings (SSSR count). The van der Waals surface area contributed by atoms with Crippen LogP contribution in [-0.2, 0) is 11.2 Å². The smallest absolute Gasteiger partial charge is 0.167 e. The maximum absolute atomic E-state index is 10.5. The molecular weight excluding hydrogens is 362 g/mol. The molecule has 0 amide bonds. The van der Waals surface area contributed by atoms with Crippen LogP contribution in [0.3, 0.4) is 0 Å². The van der Waals surface area contributed by atoms with Gasteiger partial charge in [-0.2, -0.15) is 12.6 Å². The average Bonchev–Trinajstić information content (AvgIpc) is 3.15. The maximum atomic E-state index is 10.5. The molecule has 0 saturated carbocycles. The third kappa shape index (κ3) is 4.38. The number of nitrogens with zero attached hydrogens (tertiary/aromatic N) is 4. The molecule has 0 bridgehead atoms. The number of unbranched alkanes of at least 4 members (excludes halogenated alkanes) is 3. The Morgan fingerprint density at radius 1 is 1.30 bits per heavy atom. The molecule has 0 radical (unpaired) electrons. The SMILES string of the molecule is CCCCCCc1nc(N)c2ncn([C@@H]3O[C@H](CC(C)C)[C@@H](O)[C@H]3S)c2n1. The van der Waals surface area contributed by atoms with Gasteiger partial charge in [-0.3, -0.25) is 4.57 Å². The summed E-state index contributed by atoms with van der Waals surface area (Å²) in [5, 5.41) is 10.2. The molecule has 1 saturated heterocycles. The first-order valence-electron chi connectivity index (χ1n) is 9.92. The van der Waals surface area contributed by atoms with E-state index in [1.54, 1.807) is 6.33 Å². The van der Waals surface area contributed by atoms with Gasteiger partial charge in [0.1, 0.15) is 11.3 Å². The average molecular weight is 394 g/mol. The molecule has 3 N–H and O–H groups in total. The maximum Gasteiger partial charge on any atom is 0.167 e. The highest BCUT2D eigenvalue weighted by Crippen LogP contribution is 2.37. The largest absolute Gasteiger partial charge is 0.389 e. The standard InChI is InChI=1S/C19H31N5O2S/c1-4-5-6-7-8-13-22-17(20)14-18(23-13)24(10-21-14)19-16(27)15(25)12(26-19)9-11(2)3/h10-12,15-16,19,25,27H,4-9H2,1-3H3,(H2,20,22,23)/t12-,15-,16-,19-/m1/s1. The van der Waals surface area contributed by atoms with Crippen molar-refractivity contribution >= 4 is 29.6 Å². The summed E-state index contributed by atoms with van der Waals surface area (Å²) in [7, 11) is 0. The van der Waals surface area contributed by atoms with Gasteiger partial charge in [0.15, 0.2) is 17.7 Å². The topological polar surface area (TPSA) is 99.1 Å². The fourth-order valence-electron chi connectivity index (χ4n) is 3.61. The lowest BCUT2D eigenvalue weighted by molar-refractivity contribution is -0.0262. The second-order valence-electron chi connectivity index (χ2n) is 7.84. The summed E-state index contributed by atoms with van der Waals surface area (Å²) in [6.07, 6.45) is 6.52. The van der Waals surface area contributed by atoms with Gasteiger partial charge in [-0.15, -0.1) is 0 Å². The van der Waals surface area contributed by atoms with E-state index in [-0.39, 0.29) is 11.4 Å². The van der Waals surface area contributed by atoms with Crippen LogP contribution in [0.4, 0.5) is 5.82 Å². The molecule has 8 heteroatoms. The molecular formula is C19H31N5O2S. The molecule has 150 valence electrons. The zero-order valence-corrected chi connectivity index (χ0v) is 17.3. The summed E-state index contributed by atoms with van der Waals surface area (Å²) in [5.41, 5.74) is 7.33. The number of nitrogen functional groups attached to an aromatic ring is 1. The van der Waals surface area contributed by atoms with Crippen molar-refractivity contribution in [1.82, 2.24) is 19.5 Å². The van der Waals surface area contributed by atoms with Crippen LogP contribution in [0.15, 0.2) is 6.33 Å². The molecule has 27 heavy (non-hydrogen) atoms. The highest BCUT2D eigenvalue weighted by molar-refractivity contribution is 7.81. The molecule has 0 aliphatic carbocycles. The third-order valence-corrected chi connectivity index (χ3v) is 5.62. The molecule has 4 atom stereocenters. The van der Waals surface area contributed by atoms with E-state index >= 15 is 0 Å². The number of nitrogens with two attached hydrogens (primary N) is 1. The van der Waals surface area contributed by atoms with Gasteiger partial charge in [-0.1, -0.05) is 40.0 Å². The summed E-state index contributed by atoms with van der Waals surface area (Å²) in [5.74, 6) is 1.54. The van der Waals surface area contributed by atoms with Crippen LogP contribution in [-0.4, -0.2) is 42.1 Å². The van der Waals surface area contributed by atoms with E-state index in [0.717, 1.165) is 31.5 Å². The number of ether oxygens (including phenoxy) is 1. The fraction of sp³-hybridized carbons (Fsp3) is 0.737. The van der Waals surface area contributed by atoms with Crippen molar-refractivity contribution in [1.29, 1.82) is 0 Å². The highest BCUT2D eigenvalue weighted by Gasteiger charge is 2.43. The minimum absolute atomic E-state index is 0.248. The number of hydrogen-bond donors (Lipinski definition) is 3. The van der Waals surface area contributed by atoms with Gasteiger partial charge in [-0.25, -0.2) is 15.0 Å². The third-order valence-electron chi connectivity index (χ3n) is 5.06. The van der Waals surface area contributed by atoms with Gasteiger partial charge in [0.2, 0.25) is 0 Å². The van der Waals surface area contributed by atoms with Gasteiger partial charge in [0.05, 0.1) is 23.8 Å². The summed E-state index contributed by atoms with van der Waals surface area (Å²) in [4.78, 5) is 13.5. The number of rotatable bonds is 8. The Morgan fingerprint density at radius 2 is 2.07 bits per heavy atom. The van der Waals surface area contributed by atoms with E-state index in [1.165, 1.54) is 12.8 Å². The van der Waals surface area contributed by atoms with E-state index < -0.39 is 12.3 Å². The van der Waals surface area contributed by atoms with Crippen molar-refractivity contribution in [3.63, 3.8) is 0 Å². The Bertz CT molecular complexity index is 766. The van der Waals surface area contributed by atoms with Gasteiger partial charge < -0.3 is 15.6 Å². The van der Waals surface area contributed by atoms with Crippen molar-refractivity contribution < 1.29 is 9.84 Å². The lowest BCUT2D eigenvalue weighted by Gasteiger charge is -2.17. The van der Waals surface area contributed by atoms with Gasteiger partial charge >= 0.3 is 0 Å². The number of thiol groups is 1. The van der Waals surface area contributed by atoms with Crippen LogP contribution < -0.4 is 5.73 Å². The lowest BCUT2D eigenvalue weighted by Crippen LogP contribution is -2.28.